The molecule has 9 heavy (non-hydrogen) atoms. The minimum absolute atomic E-state index is 0.558. The highest BCUT2D eigenvalue weighted by molar-refractivity contribution is 5.02. The maximum Gasteiger partial charge on any atom is 0.102 e. The lowest BCUT2D eigenvalue weighted by Gasteiger charge is -2.06. The van der Waals surface area contributed by atoms with Gasteiger partial charge in [0.05, 0.1) is 5.76 Å². The van der Waals surface area contributed by atoms with Gasteiger partial charge in [0.1, 0.15) is 6.10 Å². The number of hydrogen-bond donors (Lipinski definition) is 0. The summed E-state index contributed by atoms with van der Waals surface area (Å²) in [7, 11) is 0. The second-order valence-electron chi connectivity index (χ2n) is 2.89. The molecule has 2 rings (SSSR count). The predicted molar refractivity (Wildman–Crippen MR) is 36.0 cm³/mol. The molecule has 1 fully saturated rings. The van der Waals surface area contributed by atoms with Crippen molar-refractivity contribution in [2.45, 2.75) is 38.2 Å². The second kappa shape index (κ2) is 2.05. The number of ether oxygens (including phenoxy) is 1. The normalized spacial score (nSPS) is 32.9. The Hall–Kier alpha value is -0.460. The van der Waals surface area contributed by atoms with Gasteiger partial charge in [-0.15, -0.1) is 0 Å². The van der Waals surface area contributed by atoms with Crippen molar-refractivity contribution in [1.29, 1.82) is 0 Å². The molecule has 1 saturated heterocycles. The minimum atomic E-state index is 0.558. The average molecular weight is 124 g/mol. The maximum atomic E-state index is 5.58. The third kappa shape index (κ3) is 0.958. The van der Waals surface area contributed by atoms with Gasteiger partial charge in [-0.05, 0) is 25.3 Å². The molecule has 0 N–H and O–H groups in total. The van der Waals surface area contributed by atoms with E-state index in [1.165, 1.54) is 37.9 Å². The summed E-state index contributed by atoms with van der Waals surface area (Å²) in [5.74, 6) is 1.26. The molecule has 1 atom stereocenters. The number of allylic oxidation sites excluding steroid dienone is 1. The van der Waals surface area contributed by atoms with Crippen molar-refractivity contribution in [3.05, 3.63) is 11.8 Å². The maximum absolute atomic E-state index is 5.58. The monoisotopic (exact) mass is 124 g/mol. The quantitative estimate of drug-likeness (QED) is 0.481. The highest BCUT2D eigenvalue weighted by Crippen LogP contribution is 2.28. The van der Waals surface area contributed by atoms with E-state index in [-0.39, 0.29) is 0 Å². The van der Waals surface area contributed by atoms with E-state index in [0.717, 1.165) is 0 Å². The SMILES string of the molecule is C1=C2CCCCC(C1)O2. The van der Waals surface area contributed by atoms with E-state index < -0.39 is 0 Å². The Kier molecular flexibility index (Phi) is 1.22. The van der Waals surface area contributed by atoms with Crippen LogP contribution in [0.15, 0.2) is 11.8 Å². The molecule has 0 aromatic rings. The van der Waals surface area contributed by atoms with Crippen LogP contribution in [-0.2, 0) is 4.74 Å². The van der Waals surface area contributed by atoms with Crippen LogP contribution >= 0.6 is 0 Å². The van der Waals surface area contributed by atoms with Crippen LogP contribution in [0.1, 0.15) is 32.1 Å². The van der Waals surface area contributed by atoms with Gasteiger partial charge in [-0.3, -0.25) is 0 Å². The largest absolute Gasteiger partial charge is 0.495 e. The van der Waals surface area contributed by atoms with E-state index in [9.17, 15) is 0 Å². The Morgan fingerprint density at radius 2 is 2.44 bits per heavy atom. The molecule has 0 aromatic heterocycles. The molecule has 2 bridgehead atoms. The summed E-state index contributed by atoms with van der Waals surface area (Å²) in [6.45, 7) is 0. The Bertz CT molecular complexity index is 138. The van der Waals surface area contributed by atoms with Crippen LogP contribution in [0.25, 0.3) is 0 Å². The molecule has 50 valence electrons. The van der Waals surface area contributed by atoms with Crippen LogP contribution in [0.4, 0.5) is 0 Å². The lowest BCUT2D eigenvalue weighted by molar-refractivity contribution is 0.141. The molecule has 1 nitrogen and oxygen atoms in total. The van der Waals surface area contributed by atoms with Gasteiger partial charge >= 0.3 is 0 Å². The van der Waals surface area contributed by atoms with E-state index in [1.54, 1.807) is 0 Å². The molecule has 0 saturated carbocycles. The summed E-state index contributed by atoms with van der Waals surface area (Å²) in [6, 6.07) is 0. The van der Waals surface area contributed by atoms with Crippen molar-refractivity contribution in [2.24, 2.45) is 0 Å². The molecule has 0 amide bonds. The van der Waals surface area contributed by atoms with Crippen molar-refractivity contribution in [2.75, 3.05) is 0 Å². The highest BCUT2D eigenvalue weighted by atomic mass is 16.5. The van der Waals surface area contributed by atoms with E-state index in [2.05, 4.69) is 6.08 Å². The van der Waals surface area contributed by atoms with Gasteiger partial charge in [0.25, 0.3) is 0 Å². The summed E-state index contributed by atoms with van der Waals surface area (Å²) in [6.07, 6.45) is 9.16. The molecule has 2 aliphatic heterocycles. The van der Waals surface area contributed by atoms with Gasteiger partial charge in [-0.25, -0.2) is 0 Å². The number of rotatable bonds is 0. The molecular weight excluding hydrogens is 112 g/mol. The van der Waals surface area contributed by atoms with Gasteiger partial charge in [-0.1, -0.05) is 0 Å². The van der Waals surface area contributed by atoms with Crippen molar-refractivity contribution in [3.8, 4) is 0 Å². The third-order valence-corrected chi connectivity index (χ3v) is 2.13. The van der Waals surface area contributed by atoms with Crippen LogP contribution in [0.2, 0.25) is 0 Å². The summed E-state index contributed by atoms with van der Waals surface area (Å²) in [5, 5.41) is 0. The zero-order valence-electron chi connectivity index (χ0n) is 5.60. The number of hydrogen-bond acceptors (Lipinski definition) is 1. The fourth-order valence-corrected chi connectivity index (χ4v) is 1.58. The molecule has 1 unspecified atom stereocenters. The molecule has 0 radical (unpaired) electrons. The third-order valence-electron chi connectivity index (χ3n) is 2.13. The summed E-state index contributed by atoms with van der Waals surface area (Å²) < 4.78 is 5.58. The Morgan fingerprint density at radius 1 is 1.44 bits per heavy atom. The number of fused-ring (bicyclic) bond motifs is 2. The molecular formula is C8H12O. The first-order chi connectivity index (χ1) is 4.45. The van der Waals surface area contributed by atoms with E-state index in [0.29, 0.717) is 6.10 Å². The lowest BCUT2D eigenvalue weighted by atomic mass is 10.1. The fourth-order valence-electron chi connectivity index (χ4n) is 1.58. The van der Waals surface area contributed by atoms with Crippen LogP contribution in [0.3, 0.4) is 0 Å². The van der Waals surface area contributed by atoms with Gasteiger partial charge < -0.3 is 4.74 Å². The van der Waals surface area contributed by atoms with E-state index in [1.807, 2.05) is 0 Å². The van der Waals surface area contributed by atoms with Crippen molar-refractivity contribution >= 4 is 0 Å². The van der Waals surface area contributed by atoms with Gasteiger partial charge in [0.2, 0.25) is 0 Å². The molecule has 2 aliphatic rings. The van der Waals surface area contributed by atoms with Crippen molar-refractivity contribution < 1.29 is 4.74 Å². The van der Waals surface area contributed by atoms with Crippen LogP contribution in [0.5, 0.6) is 0 Å². The first kappa shape index (κ1) is 5.33. The van der Waals surface area contributed by atoms with E-state index in [4.69, 9.17) is 4.74 Å². The van der Waals surface area contributed by atoms with Crippen LogP contribution in [0, 0.1) is 0 Å². The van der Waals surface area contributed by atoms with Crippen molar-refractivity contribution in [1.82, 2.24) is 0 Å². The zero-order valence-corrected chi connectivity index (χ0v) is 5.60. The Labute approximate surface area is 55.7 Å². The predicted octanol–water partition coefficient (Wildman–Crippen LogP) is 2.23. The van der Waals surface area contributed by atoms with Gasteiger partial charge in [0.15, 0.2) is 0 Å². The Morgan fingerprint density at radius 3 is 3.44 bits per heavy atom. The second-order valence-corrected chi connectivity index (χ2v) is 2.89. The molecule has 2 heterocycles. The molecule has 1 heteroatoms. The summed E-state index contributed by atoms with van der Waals surface area (Å²) >= 11 is 0. The Balaban J connectivity index is 2.09. The van der Waals surface area contributed by atoms with Crippen LogP contribution in [-0.4, -0.2) is 6.10 Å². The van der Waals surface area contributed by atoms with Crippen LogP contribution < -0.4 is 0 Å². The topological polar surface area (TPSA) is 9.23 Å². The summed E-state index contributed by atoms with van der Waals surface area (Å²) in [4.78, 5) is 0. The minimum Gasteiger partial charge on any atom is -0.495 e. The van der Waals surface area contributed by atoms with Gasteiger partial charge in [-0.2, -0.15) is 0 Å². The smallest absolute Gasteiger partial charge is 0.102 e. The molecule has 0 spiro atoms. The van der Waals surface area contributed by atoms with Crippen molar-refractivity contribution in [3.63, 3.8) is 0 Å². The first-order valence-electron chi connectivity index (χ1n) is 3.81. The van der Waals surface area contributed by atoms with E-state index >= 15 is 0 Å². The summed E-state index contributed by atoms with van der Waals surface area (Å²) in [5.41, 5.74) is 0. The standard InChI is InChI=1S/C8H12O/c1-2-4-8-6-5-7(3-1)9-8/h5,8H,1-4,6H2. The average Bonchev–Trinajstić information content (AvgIpc) is 2.09. The molecule has 0 aliphatic carbocycles. The molecule has 0 aromatic carbocycles. The highest BCUT2D eigenvalue weighted by Gasteiger charge is 2.20. The fraction of sp³-hybridized carbons (Fsp3) is 0.750. The zero-order chi connectivity index (χ0) is 6.10. The van der Waals surface area contributed by atoms with Gasteiger partial charge in [0, 0.05) is 12.8 Å². The first-order valence-corrected chi connectivity index (χ1v) is 3.81. The lowest BCUT2D eigenvalue weighted by Crippen LogP contribution is -2.02.